The third-order valence-corrected chi connectivity index (χ3v) is 6.38. The van der Waals surface area contributed by atoms with Crippen molar-refractivity contribution >= 4 is 38.8 Å². The standard InChI is InChI=1S/C17H17N3O3S2/c21-11-6-10(7-11)15(13-2-1-4-24-13)19-14(22)8-20-9-18-12-3-5-25-16(12)17(20)23/h1-5,9-11,15,21H,6-8H2,(H,19,22). The van der Waals surface area contributed by atoms with Crippen LogP contribution in [-0.2, 0) is 11.3 Å². The van der Waals surface area contributed by atoms with E-state index in [1.54, 1.807) is 17.4 Å². The van der Waals surface area contributed by atoms with Crippen LogP contribution in [0.5, 0.6) is 0 Å². The number of carbonyl (C=O) groups excluding carboxylic acids is 1. The number of carbonyl (C=O) groups is 1. The smallest absolute Gasteiger partial charge is 0.271 e. The molecule has 1 unspecified atom stereocenters. The van der Waals surface area contributed by atoms with Crippen LogP contribution >= 0.6 is 22.7 Å². The van der Waals surface area contributed by atoms with Crippen molar-refractivity contribution in [3.8, 4) is 0 Å². The summed E-state index contributed by atoms with van der Waals surface area (Å²) >= 11 is 2.92. The molecule has 1 saturated carbocycles. The first-order valence-corrected chi connectivity index (χ1v) is 9.81. The van der Waals surface area contributed by atoms with Gasteiger partial charge in [-0.1, -0.05) is 6.07 Å². The Morgan fingerprint density at radius 1 is 1.36 bits per heavy atom. The second-order valence-electron chi connectivity index (χ2n) is 6.26. The molecule has 0 spiro atoms. The van der Waals surface area contributed by atoms with E-state index in [9.17, 15) is 14.7 Å². The Bertz CT molecular complexity index is 942. The minimum absolute atomic E-state index is 0.0587. The summed E-state index contributed by atoms with van der Waals surface area (Å²) in [5.41, 5.74) is 0.466. The molecule has 4 rings (SSSR count). The van der Waals surface area contributed by atoms with Gasteiger partial charge >= 0.3 is 0 Å². The number of aromatic nitrogens is 2. The van der Waals surface area contributed by atoms with Crippen LogP contribution in [0.15, 0.2) is 40.1 Å². The highest BCUT2D eigenvalue weighted by Gasteiger charge is 2.36. The van der Waals surface area contributed by atoms with Crippen molar-refractivity contribution in [2.45, 2.75) is 31.5 Å². The van der Waals surface area contributed by atoms with Crippen molar-refractivity contribution in [3.05, 3.63) is 50.5 Å². The summed E-state index contributed by atoms with van der Waals surface area (Å²) in [6.07, 6.45) is 2.51. The summed E-state index contributed by atoms with van der Waals surface area (Å²) in [6.45, 7) is -0.0587. The van der Waals surface area contributed by atoms with Crippen LogP contribution < -0.4 is 10.9 Å². The molecule has 1 fully saturated rings. The van der Waals surface area contributed by atoms with Gasteiger partial charge in [-0.25, -0.2) is 4.98 Å². The van der Waals surface area contributed by atoms with Crippen molar-refractivity contribution in [1.29, 1.82) is 0 Å². The van der Waals surface area contributed by atoms with E-state index in [0.29, 0.717) is 23.1 Å². The molecular weight excluding hydrogens is 358 g/mol. The fourth-order valence-electron chi connectivity index (χ4n) is 3.16. The van der Waals surface area contributed by atoms with Gasteiger partial charge in [0.15, 0.2) is 0 Å². The molecule has 1 atom stereocenters. The van der Waals surface area contributed by atoms with Crippen molar-refractivity contribution in [3.63, 3.8) is 0 Å². The zero-order valence-electron chi connectivity index (χ0n) is 13.3. The van der Waals surface area contributed by atoms with Gasteiger partial charge in [0.2, 0.25) is 5.91 Å². The van der Waals surface area contributed by atoms with Gasteiger partial charge in [-0.2, -0.15) is 0 Å². The molecule has 1 aliphatic carbocycles. The molecule has 130 valence electrons. The van der Waals surface area contributed by atoms with Gasteiger partial charge in [-0.05, 0) is 41.7 Å². The molecule has 0 saturated heterocycles. The topological polar surface area (TPSA) is 84.2 Å². The molecule has 2 N–H and O–H groups in total. The van der Waals surface area contributed by atoms with Crippen molar-refractivity contribution in [1.82, 2.24) is 14.9 Å². The molecule has 1 aliphatic rings. The molecule has 6 nitrogen and oxygen atoms in total. The Balaban J connectivity index is 1.51. The molecule has 0 aliphatic heterocycles. The van der Waals surface area contributed by atoms with Crippen molar-refractivity contribution in [2.24, 2.45) is 5.92 Å². The Morgan fingerprint density at radius 3 is 2.92 bits per heavy atom. The lowest BCUT2D eigenvalue weighted by molar-refractivity contribution is -0.123. The molecule has 25 heavy (non-hydrogen) atoms. The summed E-state index contributed by atoms with van der Waals surface area (Å²) in [7, 11) is 0. The van der Waals surface area contributed by atoms with Crippen LogP contribution in [-0.4, -0.2) is 26.7 Å². The predicted octanol–water partition coefficient (Wildman–Crippen LogP) is 2.15. The van der Waals surface area contributed by atoms with E-state index < -0.39 is 0 Å². The van der Waals surface area contributed by atoms with E-state index in [0.717, 1.165) is 4.88 Å². The number of fused-ring (bicyclic) bond motifs is 1. The van der Waals surface area contributed by atoms with Gasteiger partial charge in [-0.15, -0.1) is 22.7 Å². The number of nitrogens with one attached hydrogen (secondary N) is 1. The summed E-state index contributed by atoms with van der Waals surface area (Å²) in [5, 5.41) is 16.4. The highest BCUT2D eigenvalue weighted by molar-refractivity contribution is 7.17. The number of thiophene rings is 2. The zero-order valence-corrected chi connectivity index (χ0v) is 14.9. The number of rotatable bonds is 5. The molecule has 1 amide bonds. The van der Waals surface area contributed by atoms with Gasteiger partial charge in [0, 0.05) is 4.88 Å². The van der Waals surface area contributed by atoms with E-state index in [4.69, 9.17) is 0 Å². The van der Waals surface area contributed by atoms with Crippen molar-refractivity contribution in [2.75, 3.05) is 0 Å². The SMILES string of the molecule is O=C(Cn1cnc2ccsc2c1=O)NC(c1cccs1)C1CC(O)C1. The fourth-order valence-corrected chi connectivity index (χ4v) is 4.82. The summed E-state index contributed by atoms with van der Waals surface area (Å²) < 4.78 is 1.90. The van der Waals surface area contributed by atoms with Crippen molar-refractivity contribution < 1.29 is 9.90 Å². The Morgan fingerprint density at radius 2 is 2.20 bits per heavy atom. The lowest BCUT2D eigenvalue weighted by atomic mass is 9.77. The second kappa shape index (κ2) is 6.70. The largest absolute Gasteiger partial charge is 0.393 e. The average Bonchev–Trinajstić information content (AvgIpc) is 3.24. The Labute approximate surface area is 151 Å². The quantitative estimate of drug-likeness (QED) is 0.716. The third-order valence-electron chi connectivity index (χ3n) is 4.54. The first-order chi connectivity index (χ1) is 12.1. The Hall–Kier alpha value is -2.03. The monoisotopic (exact) mass is 375 g/mol. The molecular formula is C17H17N3O3S2. The predicted molar refractivity (Wildman–Crippen MR) is 97.8 cm³/mol. The number of hydrogen-bond donors (Lipinski definition) is 2. The third kappa shape index (κ3) is 3.24. The lowest BCUT2D eigenvalue weighted by Crippen LogP contribution is -2.42. The second-order valence-corrected chi connectivity index (χ2v) is 8.15. The number of hydrogen-bond acceptors (Lipinski definition) is 6. The maximum atomic E-state index is 12.5. The molecule has 0 radical (unpaired) electrons. The number of aliphatic hydroxyl groups excluding tert-OH is 1. The van der Waals surface area contributed by atoms with Gasteiger partial charge in [0.25, 0.3) is 5.56 Å². The molecule has 3 heterocycles. The molecule has 3 aromatic heterocycles. The molecule has 8 heteroatoms. The number of aliphatic hydroxyl groups is 1. The Kier molecular flexibility index (Phi) is 4.41. The van der Waals surface area contributed by atoms with Crippen LogP contribution in [0.4, 0.5) is 0 Å². The molecule has 0 aromatic carbocycles. The highest BCUT2D eigenvalue weighted by atomic mass is 32.1. The van der Waals surface area contributed by atoms with E-state index in [1.165, 1.54) is 22.2 Å². The fraction of sp³-hybridized carbons (Fsp3) is 0.353. The van der Waals surface area contributed by atoms with E-state index >= 15 is 0 Å². The zero-order chi connectivity index (χ0) is 17.4. The summed E-state index contributed by atoms with van der Waals surface area (Å²) in [6, 6.07) is 5.62. The lowest BCUT2D eigenvalue weighted by Gasteiger charge is -2.37. The summed E-state index contributed by atoms with van der Waals surface area (Å²) in [4.78, 5) is 30.2. The first kappa shape index (κ1) is 16.4. The van der Waals surface area contributed by atoms with E-state index in [-0.39, 0.29) is 36.1 Å². The van der Waals surface area contributed by atoms with Crippen LogP contribution in [0.3, 0.4) is 0 Å². The van der Waals surface area contributed by atoms with Gasteiger partial charge in [0.1, 0.15) is 11.2 Å². The van der Waals surface area contributed by atoms with E-state index in [2.05, 4.69) is 10.3 Å². The number of nitrogens with zero attached hydrogens (tertiary/aromatic N) is 2. The summed E-state index contributed by atoms with van der Waals surface area (Å²) in [5.74, 6) is 0.00631. The average molecular weight is 375 g/mol. The van der Waals surface area contributed by atoms with Gasteiger partial charge in [0.05, 0.1) is 24.0 Å². The van der Waals surface area contributed by atoms with E-state index in [1.807, 2.05) is 22.9 Å². The molecule has 0 bridgehead atoms. The number of amides is 1. The van der Waals surface area contributed by atoms with Crippen LogP contribution in [0.2, 0.25) is 0 Å². The van der Waals surface area contributed by atoms with Gasteiger partial charge in [-0.3, -0.25) is 14.2 Å². The first-order valence-electron chi connectivity index (χ1n) is 8.05. The van der Waals surface area contributed by atoms with Crippen LogP contribution in [0, 0.1) is 5.92 Å². The minimum Gasteiger partial charge on any atom is -0.393 e. The maximum Gasteiger partial charge on any atom is 0.271 e. The molecule has 3 aromatic rings. The minimum atomic E-state index is -0.280. The van der Waals surface area contributed by atoms with Gasteiger partial charge < -0.3 is 10.4 Å². The highest BCUT2D eigenvalue weighted by Crippen LogP contribution is 2.39. The maximum absolute atomic E-state index is 12.5. The normalized spacial score (nSPS) is 21.0. The van der Waals surface area contributed by atoms with Crippen LogP contribution in [0.25, 0.3) is 10.2 Å². The van der Waals surface area contributed by atoms with Crippen LogP contribution in [0.1, 0.15) is 23.8 Å².